The predicted octanol–water partition coefficient (Wildman–Crippen LogP) is 1.71. The molecule has 1 amide bonds. The van der Waals surface area contributed by atoms with Crippen molar-refractivity contribution in [3.05, 3.63) is 23.1 Å². The van der Waals surface area contributed by atoms with Crippen molar-refractivity contribution in [1.29, 1.82) is 0 Å². The van der Waals surface area contributed by atoms with Gasteiger partial charge in [0.15, 0.2) is 0 Å². The van der Waals surface area contributed by atoms with E-state index < -0.39 is 5.54 Å². The molecular weight excluding hydrogens is 294 g/mol. The Bertz CT molecular complexity index is 703. The quantitative estimate of drug-likeness (QED) is 0.755. The number of carbonyl (C=O) groups is 1. The van der Waals surface area contributed by atoms with Gasteiger partial charge < -0.3 is 10.4 Å². The number of hydrogen-bond acceptors (Lipinski definition) is 4. The number of rotatable bonds is 6. The van der Waals surface area contributed by atoms with Gasteiger partial charge in [-0.3, -0.25) is 14.6 Å². The zero-order valence-electron chi connectivity index (χ0n) is 14.4. The third kappa shape index (κ3) is 3.44. The average Bonchev–Trinajstić information content (AvgIpc) is 3.05. The average molecular weight is 319 g/mol. The Morgan fingerprint density at radius 3 is 2.70 bits per heavy atom. The Morgan fingerprint density at radius 2 is 2.17 bits per heavy atom. The fourth-order valence-electron chi connectivity index (χ4n) is 2.63. The molecule has 0 bridgehead atoms. The van der Waals surface area contributed by atoms with Crippen LogP contribution in [-0.4, -0.2) is 43.1 Å². The van der Waals surface area contributed by atoms with Crippen molar-refractivity contribution < 1.29 is 9.90 Å². The SMILES string of the molecule is CCC(C)(CCO)NC(=O)c1cc(-c2c(C)nn(C)c2C)n[nH]1. The molecule has 7 nitrogen and oxygen atoms in total. The summed E-state index contributed by atoms with van der Waals surface area (Å²) in [5.41, 5.74) is 3.49. The number of H-pyrrole nitrogens is 1. The molecule has 126 valence electrons. The van der Waals surface area contributed by atoms with Crippen molar-refractivity contribution in [2.24, 2.45) is 7.05 Å². The second-order valence-corrected chi connectivity index (χ2v) is 6.18. The van der Waals surface area contributed by atoms with Gasteiger partial charge in [-0.25, -0.2) is 0 Å². The second-order valence-electron chi connectivity index (χ2n) is 6.18. The minimum atomic E-state index is -0.433. The summed E-state index contributed by atoms with van der Waals surface area (Å²) < 4.78 is 1.80. The fraction of sp³-hybridized carbons (Fsp3) is 0.562. The molecular formula is C16H25N5O2. The van der Waals surface area contributed by atoms with E-state index in [0.717, 1.165) is 23.4 Å². The Kier molecular flexibility index (Phi) is 4.89. The molecule has 3 N–H and O–H groups in total. The number of aromatic nitrogens is 4. The highest BCUT2D eigenvalue weighted by Gasteiger charge is 2.25. The summed E-state index contributed by atoms with van der Waals surface area (Å²) in [4.78, 5) is 12.4. The minimum absolute atomic E-state index is 0.0346. The van der Waals surface area contributed by atoms with E-state index in [9.17, 15) is 4.79 Å². The fourth-order valence-corrected chi connectivity index (χ4v) is 2.63. The van der Waals surface area contributed by atoms with E-state index >= 15 is 0 Å². The molecule has 2 aromatic rings. The summed E-state index contributed by atoms with van der Waals surface area (Å²) in [6.45, 7) is 7.84. The molecule has 2 aromatic heterocycles. The van der Waals surface area contributed by atoms with Gasteiger partial charge in [0.05, 0.1) is 11.4 Å². The third-order valence-electron chi connectivity index (χ3n) is 4.45. The highest BCUT2D eigenvalue weighted by atomic mass is 16.3. The molecule has 0 radical (unpaired) electrons. The molecule has 0 aromatic carbocycles. The van der Waals surface area contributed by atoms with Crippen LogP contribution in [0, 0.1) is 13.8 Å². The lowest BCUT2D eigenvalue weighted by atomic mass is 9.94. The van der Waals surface area contributed by atoms with Gasteiger partial charge in [-0.2, -0.15) is 10.2 Å². The van der Waals surface area contributed by atoms with Gasteiger partial charge in [-0.05, 0) is 39.7 Å². The number of amides is 1. The number of carbonyl (C=O) groups excluding carboxylic acids is 1. The van der Waals surface area contributed by atoms with Gasteiger partial charge in [0, 0.05) is 30.5 Å². The molecule has 1 atom stereocenters. The van der Waals surface area contributed by atoms with Crippen LogP contribution in [0.4, 0.5) is 0 Å². The summed E-state index contributed by atoms with van der Waals surface area (Å²) in [6.07, 6.45) is 1.25. The van der Waals surface area contributed by atoms with Crippen LogP contribution in [0.1, 0.15) is 48.6 Å². The Balaban J connectivity index is 2.23. The molecule has 7 heteroatoms. The van der Waals surface area contributed by atoms with E-state index in [4.69, 9.17) is 5.11 Å². The summed E-state index contributed by atoms with van der Waals surface area (Å²) in [5, 5.41) is 23.5. The van der Waals surface area contributed by atoms with Crippen molar-refractivity contribution in [3.8, 4) is 11.3 Å². The van der Waals surface area contributed by atoms with Gasteiger partial charge in [-0.15, -0.1) is 0 Å². The monoisotopic (exact) mass is 319 g/mol. The lowest BCUT2D eigenvalue weighted by molar-refractivity contribution is 0.0881. The van der Waals surface area contributed by atoms with Crippen LogP contribution in [0.5, 0.6) is 0 Å². The van der Waals surface area contributed by atoms with E-state index in [-0.39, 0.29) is 12.5 Å². The first kappa shape index (κ1) is 17.2. The predicted molar refractivity (Wildman–Crippen MR) is 88.1 cm³/mol. The van der Waals surface area contributed by atoms with Gasteiger partial charge in [0.25, 0.3) is 5.91 Å². The largest absolute Gasteiger partial charge is 0.396 e. The standard InChI is InChI=1S/C16H25N5O2/c1-6-16(4,7-8-22)17-15(23)13-9-12(18-19-13)14-10(2)20-21(5)11(14)3/h9,22H,6-8H2,1-5H3,(H,17,23)(H,18,19). The smallest absolute Gasteiger partial charge is 0.269 e. The topological polar surface area (TPSA) is 95.8 Å². The summed E-state index contributed by atoms with van der Waals surface area (Å²) in [7, 11) is 1.88. The van der Waals surface area contributed by atoms with E-state index in [1.54, 1.807) is 10.7 Å². The minimum Gasteiger partial charge on any atom is -0.396 e. The molecule has 0 spiro atoms. The zero-order chi connectivity index (χ0) is 17.2. The number of aliphatic hydroxyl groups is 1. The van der Waals surface area contributed by atoms with Crippen LogP contribution >= 0.6 is 0 Å². The van der Waals surface area contributed by atoms with Crippen molar-refractivity contribution in [2.75, 3.05) is 6.61 Å². The molecule has 0 saturated heterocycles. The van der Waals surface area contributed by atoms with Crippen molar-refractivity contribution in [3.63, 3.8) is 0 Å². The molecule has 0 aliphatic carbocycles. The van der Waals surface area contributed by atoms with Crippen LogP contribution in [0.2, 0.25) is 0 Å². The van der Waals surface area contributed by atoms with E-state index in [2.05, 4.69) is 20.6 Å². The van der Waals surface area contributed by atoms with Gasteiger partial charge in [-0.1, -0.05) is 6.92 Å². The molecule has 0 aliphatic rings. The molecule has 0 fully saturated rings. The van der Waals surface area contributed by atoms with E-state index in [1.807, 2.05) is 34.7 Å². The van der Waals surface area contributed by atoms with Crippen LogP contribution < -0.4 is 5.32 Å². The Hall–Kier alpha value is -2.15. The third-order valence-corrected chi connectivity index (χ3v) is 4.45. The van der Waals surface area contributed by atoms with Crippen LogP contribution in [0.25, 0.3) is 11.3 Å². The first-order chi connectivity index (χ1) is 10.8. The van der Waals surface area contributed by atoms with Crippen LogP contribution in [-0.2, 0) is 7.05 Å². The van der Waals surface area contributed by atoms with Gasteiger partial charge in [0.2, 0.25) is 0 Å². The maximum atomic E-state index is 12.4. The maximum Gasteiger partial charge on any atom is 0.269 e. The van der Waals surface area contributed by atoms with E-state index in [1.165, 1.54) is 0 Å². The maximum absolute atomic E-state index is 12.4. The molecule has 1 unspecified atom stereocenters. The summed E-state index contributed by atoms with van der Waals surface area (Å²) in [5.74, 6) is -0.222. The summed E-state index contributed by atoms with van der Waals surface area (Å²) >= 11 is 0. The number of nitrogens with zero attached hydrogens (tertiary/aromatic N) is 3. The number of hydrogen-bond donors (Lipinski definition) is 3. The highest BCUT2D eigenvalue weighted by molar-refractivity contribution is 5.94. The summed E-state index contributed by atoms with van der Waals surface area (Å²) in [6, 6.07) is 1.74. The Labute approximate surface area is 136 Å². The highest BCUT2D eigenvalue weighted by Crippen LogP contribution is 2.25. The van der Waals surface area contributed by atoms with Crippen LogP contribution in [0.3, 0.4) is 0 Å². The van der Waals surface area contributed by atoms with Crippen molar-refractivity contribution in [2.45, 2.75) is 46.1 Å². The second kappa shape index (κ2) is 6.54. The van der Waals surface area contributed by atoms with E-state index in [0.29, 0.717) is 17.8 Å². The molecule has 2 heterocycles. The Morgan fingerprint density at radius 1 is 1.48 bits per heavy atom. The van der Waals surface area contributed by atoms with Crippen molar-refractivity contribution >= 4 is 5.91 Å². The molecule has 0 saturated carbocycles. The van der Waals surface area contributed by atoms with Gasteiger partial charge in [0.1, 0.15) is 5.69 Å². The zero-order valence-corrected chi connectivity index (χ0v) is 14.4. The first-order valence-electron chi connectivity index (χ1n) is 7.80. The lowest BCUT2D eigenvalue weighted by Crippen LogP contribution is -2.46. The molecule has 23 heavy (non-hydrogen) atoms. The normalized spacial score (nSPS) is 13.8. The molecule has 2 rings (SSSR count). The number of aromatic amines is 1. The van der Waals surface area contributed by atoms with Gasteiger partial charge >= 0.3 is 0 Å². The van der Waals surface area contributed by atoms with Crippen LogP contribution in [0.15, 0.2) is 6.07 Å². The number of aryl methyl sites for hydroxylation is 2. The number of nitrogens with one attached hydrogen (secondary N) is 2. The number of aliphatic hydroxyl groups excluding tert-OH is 1. The first-order valence-corrected chi connectivity index (χ1v) is 7.80. The van der Waals surface area contributed by atoms with Crippen molar-refractivity contribution in [1.82, 2.24) is 25.3 Å². The lowest BCUT2D eigenvalue weighted by Gasteiger charge is -2.28. The molecule has 0 aliphatic heterocycles.